The van der Waals surface area contributed by atoms with Gasteiger partial charge in [0.1, 0.15) is 18.2 Å². The molecule has 1 aromatic heterocycles. The van der Waals surface area contributed by atoms with Gasteiger partial charge in [-0.15, -0.1) is 0 Å². The van der Waals surface area contributed by atoms with Crippen molar-refractivity contribution in [2.75, 3.05) is 17.2 Å². The number of benzene rings is 1. The first-order valence-corrected chi connectivity index (χ1v) is 6.67. The third kappa shape index (κ3) is 4.69. The molecule has 1 heterocycles. The molecule has 11 heteroatoms. The van der Waals surface area contributed by atoms with Crippen LogP contribution in [0.2, 0.25) is 5.02 Å². The van der Waals surface area contributed by atoms with Crippen molar-refractivity contribution < 1.29 is 27.5 Å². The Morgan fingerprint density at radius 3 is 2.54 bits per heavy atom. The highest BCUT2D eigenvalue weighted by Crippen LogP contribution is 2.31. The summed E-state index contributed by atoms with van der Waals surface area (Å²) in [5.41, 5.74) is -1.17. The first kappa shape index (κ1) is 17.7. The summed E-state index contributed by atoms with van der Waals surface area (Å²) in [5.74, 6) is -2.74. The highest BCUT2D eigenvalue weighted by atomic mass is 35.5. The van der Waals surface area contributed by atoms with Crippen LogP contribution in [0.25, 0.3) is 0 Å². The van der Waals surface area contributed by atoms with Gasteiger partial charge in [-0.2, -0.15) is 18.2 Å². The van der Waals surface area contributed by atoms with E-state index in [2.05, 4.69) is 20.6 Å². The number of aromatic nitrogens is 2. The van der Waals surface area contributed by atoms with E-state index in [4.69, 9.17) is 16.7 Å². The first-order valence-electron chi connectivity index (χ1n) is 6.29. The average Bonchev–Trinajstić information content (AvgIpc) is 2.47. The maximum absolute atomic E-state index is 13.0. The lowest BCUT2D eigenvalue weighted by Crippen LogP contribution is -2.17. The molecule has 0 amide bonds. The maximum Gasteiger partial charge on any atom is 0.433 e. The van der Waals surface area contributed by atoms with Crippen molar-refractivity contribution in [3.05, 3.63) is 40.8 Å². The van der Waals surface area contributed by atoms with Gasteiger partial charge >= 0.3 is 12.1 Å². The fourth-order valence-electron chi connectivity index (χ4n) is 1.62. The minimum atomic E-state index is -4.77. The predicted molar refractivity (Wildman–Crippen MR) is 77.9 cm³/mol. The summed E-state index contributed by atoms with van der Waals surface area (Å²) in [5, 5.41) is 13.1. The first-order chi connectivity index (χ1) is 11.1. The van der Waals surface area contributed by atoms with Gasteiger partial charge < -0.3 is 15.7 Å². The number of alkyl halides is 3. The van der Waals surface area contributed by atoms with Gasteiger partial charge in [0.2, 0.25) is 5.95 Å². The van der Waals surface area contributed by atoms with Crippen LogP contribution in [0.5, 0.6) is 0 Å². The zero-order valence-electron chi connectivity index (χ0n) is 11.7. The second-order valence-electron chi connectivity index (χ2n) is 4.46. The normalized spacial score (nSPS) is 11.2. The van der Waals surface area contributed by atoms with Gasteiger partial charge in [-0.05, 0) is 18.2 Å². The molecule has 0 unspecified atom stereocenters. The van der Waals surface area contributed by atoms with Gasteiger partial charge in [0.05, 0.1) is 10.7 Å². The van der Waals surface area contributed by atoms with Gasteiger partial charge in [0.15, 0.2) is 5.69 Å². The molecule has 2 rings (SSSR count). The standard InChI is InChI=1S/C13H9ClF4N4O2/c14-7-3-6(15)1-2-8(7)20-10-4-9(13(16,17)18)21-12(22-10)19-5-11(23)24/h1-4H,5H2,(H,23,24)(H2,19,20,21,22). The van der Waals surface area contributed by atoms with Crippen molar-refractivity contribution in [1.82, 2.24) is 9.97 Å². The lowest BCUT2D eigenvalue weighted by molar-refractivity contribution is -0.141. The highest BCUT2D eigenvalue weighted by Gasteiger charge is 2.33. The molecule has 0 aliphatic heterocycles. The van der Waals surface area contributed by atoms with Crippen molar-refractivity contribution in [3.8, 4) is 0 Å². The number of aliphatic carboxylic acids is 1. The van der Waals surface area contributed by atoms with Crippen LogP contribution in [0.3, 0.4) is 0 Å². The van der Waals surface area contributed by atoms with Crippen LogP contribution in [-0.4, -0.2) is 27.6 Å². The summed E-state index contributed by atoms with van der Waals surface area (Å²) in [4.78, 5) is 17.4. The van der Waals surface area contributed by atoms with Crippen molar-refractivity contribution in [2.24, 2.45) is 0 Å². The molecule has 6 nitrogen and oxygen atoms in total. The van der Waals surface area contributed by atoms with Gasteiger partial charge in [0, 0.05) is 6.07 Å². The highest BCUT2D eigenvalue weighted by molar-refractivity contribution is 6.33. The van der Waals surface area contributed by atoms with E-state index >= 15 is 0 Å². The Morgan fingerprint density at radius 2 is 1.96 bits per heavy atom. The molecule has 0 atom stereocenters. The summed E-state index contributed by atoms with van der Waals surface area (Å²) < 4.78 is 51.6. The van der Waals surface area contributed by atoms with Gasteiger partial charge in [-0.1, -0.05) is 11.6 Å². The van der Waals surface area contributed by atoms with Crippen LogP contribution >= 0.6 is 11.6 Å². The Kier molecular flexibility index (Phi) is 5.07. The largest absolute Gasteiger partial charge is 0.480 e. The number of rotatable bonds is 5. The minimum absolute atomic E-state index is 0.0674. The van der Waals surface area contributed by atoms with Crippen LogP contribution in [0.4, 0.5) is 35.0 Å². The Hall–Kier alpha value is -2.62. The number of hydrogen-bond donors (Lipinski definition) is 3. The number of carboxylic acid groups (broad SMARTS) is 1. The molecule has 0 saturated heterocycles. The molecular weight excluding hydrogens is 356 g/mol. The molecule has 24 heavy (non-hydrogen) atoms. The summed E-state index contributed by atoms with van der Waals surface area (Å²) in [6, 6.07) is 3.87. The molecule has 0 aliphatic carbocycles. The van der Waals surface area contributed by atoms with Crippen LogP contribution in [-0.2, 0) is 11.0 Å². The van der Waals surface area contributed by atoms with Crippen LogP contribution in [0.15, 0.2) is 24.3 Å². The monoisotopic (exact) mass is 364 g/mol. The molecule has 2 aromatic rings. The second-order valence-corrected chi connectivity index (χ2v) is 4.86. The van der Waals surface area contributed by atoms with Crippen LogP contribution in [0.1, 0.15) is 5.69 Å². The van der Waals surface area contributed by atoms with E-state index in [9.17, 15) is 22.4 Å². The fourth-order valence-corrected chi connectivity index (χ4v) is 1.83. The van der Waals surface area contributed by atoms with E-state index in [1.165, 1.54) is 6.07 Å². The SMILES string of the molecule is O=C(O)CNc1nc(Nc2ccc(F)cc2Cl)cc(C(F)(F)F)n1. The lowest BCUT2D eigenvalue weighted by atomic mass is 10.3. The molecule has 0 fully saturated rings. The van der Waals surface area contributed by atoms with Crippen molar-refractivity contribution >= 4 is 35.0 Å². The van der Waals surface area contributed by atoms with E-state index < -0.39 is 36.1 Å². The molecular formula is C13H9ClF4N4O2. The van der Waals surface area contributed by atoms with Crippen molar-refractivity contribution in [2.45, 2.75) is 6.18 Å². The van der Waals surface area contributed by atoms with Gasteiger partial charge in [-0.25, -0.2) is 9.37 Å². The summed E-state index contributed by atoms with van der Waals surface area (Å²) >= 11 is 5.79. The topological polar surface area (TPSA) is 87.1 Å². The molecule has 0 spiro atoms. The lowest BCUT2D eigenvalue weighted by Gasteiger charge is -2.13. The number of nitrogens with zero attached hydrogens (tertiary/aromatic N) is 2. The van der Waals surface area contributed by atoms with Crippen LogP contribution < -0.4 is 10.6 Å². The molecule has 0 bridgehead atoms. The third-order valence-corrected chi connectivity index (χ3v) is 2.92. The average molecular weight is 365 g/mol. The summed E-state index contributed by atoms with van der Waals surface area (Å²) in [7, 11) is 0. The number of carboxylic acids is 1. The Morgan fingerprint density at radius 1 is 1.25 bits per heavy atom. The molecule has 128 valence electrons. The van der Waals surface area contributed by atoms with E-state index in [-0.39, 0.29) is 16.5 Å². The number of hydrogen-bond acceptors (Lipinski definition) is 5. The molecule has 0 aliphatic rings. The van der Waals surface area contributed by atoms with E-state index in [0.29, 0.717) is 6.07 Å². The number of nitrogens with one attached hydrogen (secondary N) is 2. The van der Waals surface area contributed by atoms with Crippen molar-refractivity contribution in [1.29, 1.82) is 0 Å². The number of carbonyl (C=O) groups is 1. The van der Waals surface area contributed by atoms with Crippen LogP contribution in [0, 0.1) is 5.82 Å². The molecule has 3 N–H and O–H groups in total. The molecule has 0 saturated carbocycles. The van der Waals surface area contributed by atoms with Gasteiger partial charge in [-0.3, -0.25) is 4.79 Å². The van der Waals surface area contributed by atoms with Crippen molar-refractivity contribution in [3.63, 3.8) is 0 Å². The zero-order valence-corrected chi connectivity index (χ0v) is 12.4. The maximum atomic E-state index is 13.0. The minimum Gasteiger partial charge on any atom is -0.480 e. The van der Waals surface area contributed by atoms with E-state index in [1.54, 1.807) is 0 Å². The fraction of sp³-hybridized carbons (Fsp3) is 0.154. The quantitative estimate of drug-likeness (QED) is 0.704. The predicted octanol–water partition coefficient (Wildman–Crippen LogP) is 3.53. The Bertz CT molecular complexity index is 770. The summed E-state index contributed by atoms with van der Waals surface area (Å²) in [6.07, 6.45) is -4.77. The zero-order chi connectivity index (χ0) is 17.9. The number of anilines is 3. The Balaban J connectivity index is 2.36. The molecule has 0 radical (unpaired) electrons. The summed E-state index contributed by atoms with van der Waals surface area (Å²) in [6.45, 7) is -0.669. The number of halogens is 5. The van der Waals surface area contributed by atoms with E-state index in [0.717, 1.165) is 12.1 Å². The smallest absolute Gasteiger partial charge is 0.433 e. The Labute approximate surface area is 137 Å². The van der Waals surface area contributed by atoms with Gasteiger partial charge in [0.25, 0.3) is 0 Å². The van der Waals surface area contributed by atoms with E-state index in [1.807, 2.05) is 0 Å². The second kappa shape index (κ2) is 6.87. The molecule has 1 aromatic carbocycles. The third-order valence-electron chi connectivity index (χ3n) is 2.61.